The van der Waals surface area contributed by atoms with Gasteiger partial charge < -0.3 is 0 Å². The Balaban J connectivity index is 2.22. The molecule has 124 valence electrons. The van der Waals surface area contributed by atoms with Crippen molar-refractivity contribution in [3.8, 4) is 0 Å². The molecule has 0 saturated carbocycles. The minimum atomic E-state index is -0.319. The highest BCUT2D eigenvalue weighted by molar-refractivity contribution is 7.20. The lowest BCUT2D eigenvalue weighted by molar-refractivity contribution is -0.122. The molecule has 0 spiro atoms. The number of amides is 2. The number of aryl methyl sites for hydroxylation is 3. The molecule has 2 aromatic heterocycles. The fourth-order valence-electron chi connectivity index (χ4n) is 2.37. The second-order valence-electron chi connectivity index (χ2n) is 5.92. The molecule has 0 aromatic carbocycles. The summed E-state index contributed by atoms with van der Waals surface area (Å²) in [6.07, 6.45) is 1.12. The highest BCUT2D eigenvalue weighted by Gasteiger charge is 2.19. The van der Waals surface area contributed by atoms with Crippen molar-refractivity contribution in [2.75, 3.05) is 0 Å². The predicted molar refractivity (Wildman–Crippen MR) is 91.3 cm³/mol. The van der Waals surface area contributed by atoms with Gasteiger partial charge in [0.25, 0.3) is 5.91 Å². The Hall–Kier alpha value is -2.02. The van der Waals surface area contributed by atoms with Crippen molar-refractivity contribution >= 4 is 33.4 Å². The maximum absolute atomic E-state index is 12.3. The third-order valence-electron chi connectivity index (χ3n) is 3.45. The molecule has 0 fully saturated rings. The van der Waals surface area contributed by atoms with Crippen LogP contribution in [0.2, 0.25) is 0 Å². The van der Waals surface area contributed by atoms with Gasteiger partial charge in [-0.3, -0.25) is 20.4 Å². The molecular formula is C16H22N4O2S. The monoisotopic (exact) mass is 334 g/mol. The average molecular weight is 334 g/mol. The number of nitrogens with one attached hydrogen (secondary N) is 2. The van der Waals surface area contributed by atoms with E-state index in [4.69, 9.17) is 0 Å². The maximum Gasteiger partial charge on any atom is 0.280 e. The van der Waals surface area contributed by atoms with E-state index in [0.717, 1.165) is 33.7 Å². The molecule has 23 heavy (non-hydrogen) atoms. The molecule has 2 aromatic rings. The summed E-state index contributed by atoms with van der Waals surface area (Å²) >= 11 is 1.33. The Morgan fingerprint density at radius 3 is 2.48 bits per heavy atom. The molecule has 0 atom stereocenters. The highest BCUT2D eigenvalue weighted by Crippen LogP contribution is 2.31. The van der Waals surface area contributed by atoms with Crippen molar-refractivity contribution < 1.29 is 9.59 Å². The molecule has 0 unspecified atom stereocenters. The van der Waals surface area contributed by atoms with Crippen LogP contribution < -0.4 is 10.9 Å². The Morgan fingerprint density at radius 2 is 1.87 bits per heavy atom. The summed E-state index contributed by atoms with van der Waals surface area (Å²) in [5.41, 5.74) is 6.66. The third kappa shape index (κ3) is 3.85. The molecule has 2 N–H and O–H groups in total. The van der Waals surface area contributed by atoms with E-state index in [1.807, 2.05) is 34.6 Å². The first-order chi connectivity index (χ1) is 10.8. The molecule has 0 bridgehead atoms. The van der Waals surface area contributed by atoms with Gasteiger partial charge in [-0.2, -0.15) is 0 Å². The van der Waals surface area contributed by atoms with E-state index in [1.54, 1.807) is 0 Å². The summed E-state index contributed by atoms with van der Waals surface area (Å²) in [6, 6.07) is 0. The van der Waals surface area contributed by atoms with E-state index >= 15 is 0 Å². The number of hydrogen-bond donors (Lipinski definition) is 2. The van der Waals surface area contributed by atoms with Crippen molar-refractivity contribution in [3.05, 3.63) is 22.0 Å². The Labute approximate surface area is 139 Å². The van der Waals surface area contributed by atoms with Crippen LogP contribution in [0.15, 0.2) is 0 Å². The Kier molecular flexibility index (Phi) is 5.30. The fourth-order valence-corrected chi connectivity index (χ4v) is 3.52. The van der Waals surface area contributed by atoms with Gasteiger partial charge in [0.1, 0.15) is 10.7 Å². The van der Waals surface area contributed by atoms with Crippen LogP contribution in [-0.4, -0.2) is 21.8 Å². The van der Waals surface area contributed by atoms with Gasteiger partial charge in [-0.25, -0.2) is 9.97 Å². The summed E-state index contributed by atoms with van der Waals surface area (Å²) in [6.45, 7) is 9.70. The number of rotatable bonds is 4. The zero-order valence-electron chi connectivity index (χ0n) is 14.1. The third-order valence-corrected chi connectivity index (χ3v) is 4.63. The van der Waals surface area contributed by atoms with Crippen molar-refractivity contribution in [2.45, 2.75) is 47.5 Å². The largest absolute Gasteiger partial charge is 0.280 e. The van der Waals surface area contributed by atoms with Crippen LogP contribution in [0, 0.1) is 19.8 Å². The van der Waals surface area contributed by atoms with Crippen molar-refractivity contribution in [1.29, 1.82) is 0 Å². The maximum atomic E-state index is 12.3. The average Bonchev–Trinajstić information content (AvgIpc) is 2.81. The summed E-state index contributed by atoms with van der Waals surface area (Å²) in [4.78, 5) is 34.3. The van der Waals surface area contributed by atoms with E-state index < -0.39 is 0 Å². The van der Waals surface area contributed by atoms with Gasteiger partial charge in [-0.05, 0) is 25.3 Å². The lowest BCUT2D eigenvalue weighted by atomic mass is 10.1. The number of hydrazine groups is 1. The number of thiophene rings is 1. The van der Waals surface area contributed by atoms with Gasteiger partial charge >= 0.3 is 0 Å². The first kappa shape index (κ1) is 17.3. The van der Waals surface area contributed by atoms with E-state index in [9.17, 15) is 9.59 Å². The minimum absolute atomic E-state index is 0.198. The second-order valence-corrected chi connectivity index (χ2v) is 6.91. The minimum Gasteiger partial charge on any atom is -0.273 e. The van der Waals surface area contributed by atoms with Gasteiger partial charge in [0.15, 0.2) is 0 Å². The lowest BCUT2D eigenvalue weighted by Crippen LogP contribution is -2.41. The molecule has 0 aliphatic rings. The van der Waals surface area contributed by atoms with Gasteiger partial charge in [-0.15, -0.1) is 11.3 Å². The Morgan fingerprint density at radius 1 is 1.17 bits per heavy atom. The molecule has 7 heteroatoms. The van der Waals surface area contributed by atoms with E-state index in [2.05, 4.69) is 20.8 Å². The van der Waals surface area contributed by atoms with Crippen LogP contribution in [0.5, 0.6) is 0 Å². The van der Waals surface area contributed by atoms with Crippen molar-refractivity contribution in [3.63, 3.8) is 0 Å². The summed E-state index contributed by atoms with van der Waals surface area (Å²) in [5, 5.41) is 0.922. The smallest absolute Gasteiger partial charge is 0.273 e. The summed E-state index contributed by atoms with van der Waals surface area (Å²) < 4.78 is 0. The molecule has 2 rings (SSSR count). The zero-order chi connectivity index (χ0) is 17.1. The fraction of sp³-hybridized carbons (Fsp3) is 0.500. The van der Waals surface area contributed by atoms with Crippen LogP contribution in [0.1, 0.15) is 53.9 Å². The van der Waals surface area contributed by atoms with E-state index in [0.29, 0.717) is 11.3 Å². The lowest BCUT2D eigenvalue weighted by Gasteiger charge is -2.08. The SMILES string of the molecule is CCc1nc(C)c2c(C)c(C(=O)NNC(=O)CC(C)C)sc2n1. The van der Waals surface area contributed by atoms with Crippen LogP contribution in [0.25, 0.3) is 10.2 Å². The Bertz CT molecular complexity index is 752. The van der Waals surface area contributed by atoms with E-state index in [1.165, 1.54) is 11.3 Å². The number of aromatic nitrogens is 2. The van der Waals surface area contributed by atoms with Crippen LogP contribution in [0.4, 0.5) is 0 Å². The molecular weight excluding hydrogens is 312 g/mol. The first-order valence-electron chi connectivity index (χ1n) is 7.69. The van der Waals surface area contributed by atoms with Crippen LogP contribution in [-0.2, 0) is 11.2 Å². The van der Waals surface area contributed by atoms with Gasteiger partial charge in [0.05, 0.1) is 4.88 Å². The summed E-state index contributed by atoms with van der Waals surface area (Å²) in [5.74, 6) is 0.494. The van der Waals surface area contributed by atoms with Crippen molar-refractivity contribution in [2.24, 2.45) is 5.92 Å². The number of carbonyl (C=O) groups is 2. The normalized spacial score (nSPS) is 11.0. The predicted octanol–water partition coefficient (Wildman–Crippen LogP) is 2.68. The zero-order valence-corrected chi connectivity index (χ0v) is 14.9. The molecule has 0 radical (unpaired) electrons. The van der Waals surface area contributed by atoms with E-state index in [-0.39, 0.29) is 17.7 Å². The highest BCUT2D eigenvalue weighted by atomic mass is 32.1. The quantitative estimate of drug-likeness (QED) is 0.842. The number of fused-ring (bicyclic) bond motifs is 1. The van der Waals surface area contributed by atoms with Crippen LogP contribution in [0.3, 0.4) is 0 Å². The number of carbonyl (C=O) groups excluding carboxylic acids is 2. The second kappa shape index (κ2) is 7.04. The number of nitrogens with zero attached hydrogens (tertiary/aromatic N) is 2. The topological polar surface area (TPSA) is 84.0 Å². The molecule has 2 heterocycles. The molecule has 2 amide bonds. The molecule has 0 saturated heterocycles. The van der Waals surface area contributed by atoms with Crippen molar-refractivity contribution in [1.82, 2.24) is 20.8 Å². The molecule has 0 aliphatic heterocycles. The number of hydrogen-bond acceptors (Lipinski definition) is 5. The molecule has 0 aliphatic carbocycles. The first-order valence-corrected chi connectivity index (χ1v) is 8.50. The van der Waals surface area contributed by atoms with Crippen LogP contribution >= 0.6 is 11.3 Å². The van der Waals surface area contributed by atoms with Gasteiger partial charge in [0.2, 0.25) is 5.91 Å². The summed E-state index contributed by atoms with van der Waals surface area (Å²) in [7, 11) is 0. The standard InChI is InChI=1S/C16H22N4O2S/c1-6-11-17-10(5)13-9(4)14(23-16(13)18-11)15(22)20-19-12(21)7-8(2)3/h8H,6-7H2,1-5H3,(H,19,21)(H,20,22). The van der Waals surface area contributed by atoms with Gasteiger partial charge in [-0.1, -0.05) is 20.8 Å². The molecule has 6 nitrogen and oxygen atoms in total. The van der Waals surface area contributed by atoms with Gasteiger partial charge in [0, 0.05) is 23.9 Å².